The Hall–Kier alpha value is -2.31. The van der Waals surface area contributed by atoms with Crippen molar-refractivity contribution in [2.75, 3.05) is 0 Å². The highest BCUT2D eigenvalue weighted by atomic mass is 35.5. The van der Waals surface area contributed by atoms with Crippen LogP contribution in [0.25, 0.3) is 0 Å². The van der Waals surface area contributed by atoms with Gasteiger partial charge >= 0.3 is 0 Å². The SMILES string of the molecule is CC[C@@H](N[C@H](C)CC(N)=O)c1ccc(Cl)c(C(=O)c2ccc(F)cc2)c1F. The minimum Gasteiger partial charge on any atom is -0.370 e. The molecule has 2 atom stereocenters. The summed E-state index contributed by atoms with van der Waals surface area (Å²) in [4.78, 5) is 23.8. The van der Waals surface area contributed by atoms with Gasteiger partial charge in [0.2, 0.25) is 5.91 Å². The van der Waals surface area contributed by atoms with Crippen molar-refractivity contribution in [1.29, 1.82) is 0 Å². The molecule has 0 heterocycles. The maximum Gasteiger partial charge on any atom is 0.218 e. The van der Waals surface area contributed by atoms with Crippen molar-refractivity contribution in [2.24, 2.45) is 5.73 Å². The molecule has 0 bridgehead atoms. The lowest BCUT2D eigenvalue weighted by Gasteiger charge is -2.23. The Bertz CT molecular complexity index is 841. The molecule has 1 amide bonds. The van der Waals surface area contributed by atoms with E-state index < -0.39 is 29.4 Å². The lowest BCUT2D eigenvalue weighted by atomic mass is 9.95. The smallest absolute Gasteiger partial charge is 0.218 e. The van der Waals surface area contributed by atoms with Crippen molar-refractivity contribution in [1.82, 2.24) is 5.32 Å². The molecule has 0 spiro atoms. The molecule has 0 radical (unpaired) electrons. The summed E-state index contributed by atoms with van der Waals surface area (Å²) in [6.07, 6.45) is 0.624. The molecule has 2 aromatic rings. The molecule has 7 heteroatoms. The summed E-state index contributed by atoms with van der Waals surface area (Å²) < 4.78 is 28.3. The molecule has 0 unspecified atom stereocenters. The molecule has 0 aliphatic rings. The van der Waals surface area contributed by atoms with E-state index in [0.717, 1.165) is 12.1 Å². The number of amides is 1. The number of ketones is 1. The van der Waals surface area contributed by atoms with Crippen molar-refractivity contribution in [3.05, 3.63) is 69.7 Å². The molecule has 0 fully saturated rings. The van der Waals surface area contributed by atoms with Gasteiger partial charge in [0.05, 0.1) is 10.6 Å². The summed E-state index contributed by atoms with van der Waals surface area (Å²) in [7, 11) is 0. The van der Waals surface area contributed by atoms with E-state index >= 15 is 4.39 Å². The molecule has 0 aromatic heterocycles. The standard InChI is InChI=1S/C20H21ClF2N2O2/c1-3-16(25-11(2)10-17(24)26)14-8-9-15(21)18(19(14)23)20(27)12-4-6-13(22)7-5-12/h4-9,11,16,25H,3,10H2,1-2H3,(H2,24,26)/t11-,16-/m1/s1. The van der Waals surface area contributed by atoms with Gasteiger partial charge in [-0.3, -0.25) is 9.59 Å². The first-order valence-electron chi connectivity index (χ1n) is 8.57. The lowest BCUT2D eigenvalue weighted by molar-refractivity contribution is -0.118. The van der Waals surface area contributed by atoms with Crippen molar-refractivity contribution in [3.63, 3.8) is 0 Å². The van der Waals surface area contributed by atoms with Crippen LogP contribution in [0.3, 0.4) is 0 Å². The van der Waals surface area contributed by atoms with Crippen LogP contribution in [0.4, 0.5) is 8.78 Å². The van der Waals surface area contributed by atoms with Gasteiger partial charge in [-0.1, -0.05) is 24.6 Å². The zero-order chi connectivity index (χ0) is 20.1. The Morgan fingerprint density at radius 2 is 1.78 bits per heavy atom. The molecule has 27 heavy (non-hydrogen) atoms. The number of primary amides is 1. The fourth-order valence-corrected chi connectivity index (χ4v) is 3.15. The summed E-state index contributed by atoms with van der Waals surface area (Å²) in [5.41, 5.74) is 5.34. The number of benzene rings is 2. The summed E-state index contributed by atoms with van der Waals surface area (Å²) in [6, 6.07) is 7.09. The molecule has 144 valence electrons. The topological polar surface area (TPSA) is 72.2 Å². The summed E-state index contributed by atoms with van der Waals surface area (Å²) in [5.74, 6) is -2.32. The second-order valence-corrected chi connectivity index (χ2v) is 6.77. The van der Waals surface area contributed by atoms with Crippen LogP contribution in [-0.4, -0.2) is 17.7 Å². The third-order valence-corrected chi connectivity index (χ3v) is 4.55. The zero-order valence-electron chi connectivity index (χ0n) is 15.1. The molecule has 2 aromatic carbocycles. The average molecular weight is 395 g/mol. The van der Waals surface area contributed by atoms with Crippen LogP contribution >= 0.6 is 11.6 Å². The van der Waals surface area contributed by atoms with Crippen LogP contribution in [-0.2, 0) is 4.79 Å². The van der Waals surface area contributed by atoms with Crippen molar-refractivity contribution in [2.45, 2.75) is 38.8 Å². The molecule has 2 rings (SSSR count). The van der Waals surface area contributed by atoms with E-state index in [1.165, 1.54) is 24.3 Å². The largest absolute Gasteiger partial charge is 0.370 e. The first-order chi connectivity index (χ1) is 12.7. The van der Waals surface area contributed by atoms with Crippen molar-refractivity contribution in [3.8, 4) is 0 Å². The molecule has 0 saturated carbocycles. The molecule has 4 nitrogen and oxygen atoms in total. The Kier molecular flexibility index (Phi) is 7.05. The van der Waals surface area contributed by atoms with Crippen LogP contribution < -0.4 is 11.1 Å². The Morgan fingerprint density at radius 1 is 1.15 bits per heavy atom. The number of hydrogen-bond donors (Lipinski definition) is 2. The summed E-state index contributed by atoms with van der Waals surface area (Å²) >= 11 is 6.08. The number of carbonyl (C=O) groups is 2. The quantitative estimate of drug-likeness (QED) is 0.660. The highest BCUT2D eigenvalue weighted by molar-refractivity contribution is 6.35. The number of nitrogens with two attached hydrogens (primary N) is 1. The average Bonchev–Trinajstić information content (AvgIpc) is 2.60. The molecule has 0 saturated heterocycles. The van der Waals surface area contributed by atoms with Crippen LogP contribution in [0, 0.1) is 11.6 Å². The number of halogens is 3. The third kappa shape index (κ3) is 5.11. The van der Waals surface area contributed by atoms with Gasteiger partial charge in [-0.05, 0) is 43.7 Å². The van der Waals surface area contributed by atoms with E-state index in [9.17, 15) is 14.0 Å². The van der Waals surface area contributed by atoms with Crippen LogP contribution in [0.5, 0.6) is 0 Å². The van der Waals surface area contributed by atoms with E-state index in [-0.39, 0.29) is 34.2 Å². The molecule has 0 aliphatic carbocycles. The van der Waals surface area contributed by atoms with E-state index in [1.807, 2.05) is 6.92 Å². The molecule has 3 N–H and O–H groups in total. The van der Waals surface area contributed by atoms with Gasteiger partial charge in [0, 0.05) is 29.6 Å². The van der Waals surface area contributed by atoms with Gasteiger partial charge in [-0.25, -0.2) is 8.78 Å². The maximum absolute atomic E-state index is 15.2. The molecular weight excluding hydrogens is 374 g/mol. The highest BCUT2D eigenvalue weighted by Crippen LogP contribution is 2.30. The van der Waals surface area contributed by atoms with Gasteiger partial charge in [-0.2, -0.15) is 0 Å². The monoisotopic (exact) mass is 394 g/mol. The van der Waals surface area contributed by atoms with Crippen molar-refractivity contribution < 1.29 is 18.4 Å². The van der Waals surface area contributed by atoms with Gasteiger partial charge in [0.25, 0.3) is 0 Å². The maximum atomic E-state index is 15.2. The van der Waals surface area contributed by atoms with Crippen LogP contribution in [0.15, 0.2) is 36.4 Å². The second-order valence-electron chi connectivity index (χ2n) is 6.36. The van der Waals surface area contributed by atoms with Crippen molar-refractivity contribution >= 4 is 23.3 Å². The predicted molar refractivity (Wildman–Crippen MR) is 101 cm³/mol. The number of hydrogen-bond acceptors (Lipinski definition) is 3. The fraction of sp³-hybridized carbons (Fsp3) is 0.300. The van der Waals surface area contributed by atoms with Crippen LogP contribution in [0.1, 0.15) is 54.2 Å². The van der Waals surface area contributed by atoms with E-state index in [4.69, 9.17) is 17.3 Å². The first-order valence-corrected chi connectivity index (χ1v) is 8.94. The Morgan fingerprint density at radius 3 is 2.33 bits per heavy atom. The van der Waals surface area contributed by atoms with Gasteiger partial charge in [0.1, 0.15) is 11.6 Å². The van der Waals surface area contributed by atoms with Crippen LogP contribution in [0.2, 0.25) is 5.02 Å². The van der Waals surface area contributed by atoms with E-state index in [2.05, 4.69) is 5.32 Å². The molecule has 0 aliphatic heterocycles. The van der Waals surface area contributed by atoms with Gasteiger partial charge in [-0.15, -0.1) is 0 Å². The second kappa shape index (κ2) is 9.06. The first kappa shape index (κ1) is 21.0. The minimum atomic E-state index is -0.734. The Balaban J connectivity index is 2.39. The number of rotatable bonds is 8. The lowest BCUT2D eigenvalue weighted by Crippen LogP contribution is -2.34. The zero-order valence-corrected chi connectivity index (χ0v) is 15.8. The highest BCUT2D eigenvalue weighted by Gasteiger charge is 2.25. The van der Waals surface area contributed by atoms with E-state index in [1.54, 1.807) is 6.92 Å². The normalized spacial score (nSPS) is 13.2. The van der Waals surface area contributed by atoms with Gasteiger partial charge < -0.3 is 11.1 Å². The summed E-state index contributed by atoms with van der Waals surface area (Å²) in [6.45, 7) is 3.62. The fourth-order valence-electron chi connectivity index (χ4n) is 2.92. The number of nitrogens with one attached hydrogen (secondary N) is 1. The third-order valence-electron chi connectivity index (χ3n) is 4.23. The Labute approximate surface area is 161 Å². The van der Waals surface area contributed by atoms with Gasteiger partial charge in [0.15, 0.2) is 5.78 Å². The summed E-state index contributed by atoms with van der Waals surface area (Å²) in [5, 5.41) is 3.12. The number of carbonyl (C=O) groups excluding carboxylic acids is 2. The minimum absolute atomic E-state index is 0.0226. The molecular formula is C20H21ClF2N2O2. The predicted octanol–water partition coefficient (Wildman–Crippen LogP) is 4.15. The van der Waals surface area contributed by atoms with E-state index in [0.29, 0.717) is 6.42 Å².